The molecule has 1 N–H and O–H groups in total. The highest BCUT2D eigenvalue weighted by Crippen LogP contribution is 2.27. The summed E-state index contributed by atoms with van der Waals surface area (Å²) in [7, 11) is 0. The number of ether oxygens (including phenoxy) is 1. The highest BCUT2D eigenvalue weighted by Gasteiger charge is 2.25. The van der Waals surface area contributed by atoms with Crippen molar-refractivity contribution in [3.63, 3.8) is 0 Å². The van der Waals surface area contributed by atoms with Crippen molar-refractivity contribution in [1.82, 2.24) is 5.32 Å². The average Bonchev–Trinajstić information content (AvgIpc) is 3.13. The summed E-state index contributed by atoms with van der Waals surface area (Å²) in [4.78, 5) is 14.4. The van der Waals surface area contributed by atoms with Crippen molar-refractivity contribution < 1.29 is 18.3 Å². The van der Waals surface area contributed by atoms with Gasteiger partial charge in [0, 0.05) is 31.4 Å². The van der Waals surface area contributed by atoms with Gasteiger partial charge in [0.1, 0.15) is 5.75 Å². The Kier molecular flexibility index (Phi) is 6.54. The van der Waals surface area contributed by atoms with E-state index in [4.69, 9.17) is 4.74 Å². The Morgan fingerprint density at radius 2 is 2.07 bits per heavy atom. The second kappa shape index (κ2) is 8.90. The molecule has 1 fully saturated rings. The fourth-order valence-corrected chi connectivity index (χ4v) is 3.84. The number of carbonyl (C=O) groups excluding carboxylic acids is 1. The molecule has 1 aliphatic heterocycles. The van der Waals surface area contributed by atoms with E-state index in [0.29, 0.717) is 24.5 Å². The summed E-state index contributed by atoms with van der Waals surface area (Å²) in [6.07, 6.45) is 0.251. The number of anilines is 1. The van der Waals surface area contributed by atoms with E-state index >= 15 is 0 Å². The second-order valence-corrected chi connectivity index (χ2v) is 7.99. The molecule has 0 spiro atoms. The quantitative estimate of drug-likeness (QED) is 0.703. The summed E-state index contributed by atoms with van der Waals surface area (Å²) < 4.78 is 33.1. The summed E-state index contributed by atoms with van der Waals surface area (Å²) >= 11 is 3.44. The van der Waals surface area contributed by atoms with Gasteiger partial charge in [0.25, 0.3) is 5.91 Å². The molecule has 3 rings (SSSR count). The van der Waals surface area contributed by atoms with Crippen molar-refractivity contribution in [1.29, 1.82) is 0 Å². The van der Waals surface area contributed by atoms with Crippen LogP contribution in [0.1, 0.15) is 18.9 Å². The van der Waals surface area contributed by atoms with Crippen molar-refractivity contribution in [2.24, 2.45) is 5.92 Å². The van der Waals surface area contributed by atoms with E-state index in [9.17, 15) is 13.6 Å². The van der Waals surface area contributed by atoms with Crippen molar-refractivity contribution in [3.05, 3.63) is 58.1 Å². The summed E-state index contributed by atoms with van der Waals surface area (Å²) in [6, 6.07) is 9.63. The molecule has 1 heterocycles. The number of hydrogen-bond acceptors (Lipinski definition) is 3. The van der Waals surface area contributed by atoms with Gasteiger partial charge in [-0.3, -0.25) is 4.79 Å². The van der Waals surface area contributed by atoms with Crippen LogP contribution >= 0.6 is 15.9 Å². The Hall–Kier alpha value is -2.15. The van der Waals surface area contributed by atoms with Crippen LogP contribution in [0, 0.1) is 24.5 Å². The Morgan fingerprint density at radius 1 is 1.29 bits per heavy atom. The fourth-order valence-electron chi connectivity index (χ4n) is 3.25. The number of benzene rings is 2. The zero-order valence-corrected chi connectivity index (χ0v) is 17.4. The molecule has 1 aliphatic rings. The van der Waals surface area contributed by atoms with Gasteiger partial charge >= 0.3 is 0 Å². The van der Waals surface area contributed by atoms with Crippen LogP contribution in [0.3, 0.4) is 0 Å². The lowest BCUT2D eigenvalue weighted by Gasteiger charge is -2.20. The molecule has 0 aromatic heterocycles. The zero-order chi connectivity index (χ0) is 20.3. The summed E-state index contributed by atoms with van der Waals surface area (Å²) in [5, 5.41) is 2.93. The fraction of sp³-hybridized carbons (Fsp3) is 0.381. The molecule has 0 radical (unpaired) electrons. The van der Waals surface area contributed by atoms with Crippen LogP contribution in [0.15, 0.2) is 40.9 Å². The molecule has 2 aromatic carbocycles. The molecule has 7 heteroatoms. The number of aryl methyl sites for hydroxylation is 1. The Bertz CT molecular complexity index is 862. The van der Waals surface area contributed by atoms with Crippen LogP contribution in [-0.4, -0.2) is 31.6 Å². The van der Waals surface area contributed by atoms with E-state index in [-0.39, 0.29) is 11.8 Å². The normalized spacial score (nSPS) is 17.5. The molecule has 2 atom stereocenters. The third-order valence-electron chi connectivity index (χ3n) is 4.88. The van der Waals surface area contributed by atoms with Crippen LogP contribution in [0.2, 0.25) is 0 Å². The van der Waals surface area contributed by atoms with Gasteiger partial charge in [0.05, 0.1) is 4.47 Å². The first-order valence-electron chi connectivity index (χ1n) is 9.24. The molecule has 0 bridgehead atoms. The second-order valence-electron chi connectivity index (χ2n) is 7.14. The van der Waals surface area contributed by atoms with Gasteiger partial charge < -0.3 is 15.0 Å². The van der Waals surface area contributed by atoms with E-state index in [2.05, 4.69) is 21.2 Å². The van der Waals surface area contributed by atoms with Crippen LogP contribution in [0.5, 0.6) is 5.75 Å². The number of hydrogen-bond donors (Lipinski definition) is 1. The lowest BCUT2D eigenvalue weighted by atomic mass is 10.1. The molecular weight excluding hydrogens is 430 g/mol. The molecule has 150 valence electrons. The highest BCUT2D eigenvalue weighted by molar-refractivity contribution is 9.10. The standard InChI is InChI=1S/C21H23BrF2N2O2/c1-13-3-6-20(17(22)9-13)28-14(2)21(27)25-11-15-7-8-26(12-15)16-4-5-18(23)19(24)10-16/h3-6,9-10,14-15H,7-8,11-12H2,1-2H3,(H,25,27). The van der Waals surface area contributed by atoms with Gasteiger partial charge in [-0.05, 0) is 71.9 Å². The maximum atomic E-state index is 13.4. The summed E-state index contributed by atoms with van der Waals surface area (Å²) in [6.45, 7) is 5.64. The Labute approximate surface area is 172 Å². The molecule has 0 aliphatic carbocycles. The van der Waals surface area contributed by atoms with Crippen LogP contribution in [0.4, 0.5) is 14.5 Å². The molecular formula is C21H23BrF2N2O2. The minimum Gasteiger partial charge on any atom is -0.480 e. The van der Waals surface area contributed by atoms with E-state index in [0.717, 1.165) is 29.1 Å². The first-order valence-corrected chi connectivity index (χ1v) is 10.0. The number of carbonyl (C=O) groups is 1. The molecule has 2 unspecified atom stereocenters. The maximum absolute atomic E-state index is 13.4. The molecule has 28 heavy (non-hydrogen) atoms. The average molecular weight is 453 g/mol. The number of halogens is 3. The topological polar surface area (TPSA) is 41.6 Å². The van der Waals surface area contributed by atoms with Crippen LogP contribution in [0.25, 0.3) is 0 Å². The van der Waals surface area contributed by atoms with E-state index in [1.54, 1.807) is 13.0 Å². The molecule has 0 saturated carbocycles. The van der Waals surface area contributed by atoms with Gasteiger partial charge in [0.2, 0.25) is 0 Å². The monoisotopic (exact) mass is 452 g/mol. The van der Waals surface area contributed by atoms with Crippen molar-refractivity contribution in [2.75, 3.05) is 24.5 Å². The zero-order valence-electron chi connectivity index (χ0n) is 15.8. The molecule has 2 aromatic rings. The highest BCUT2D eigenvalue weighted by atomic mass is 79.9. The van der Waals surface area contributed by atoms with Gasteiger partial charge in [-0.2, -0.15) is 0 Å². The predicted octanol–water partition coefficient (Wildman–Crippen LogP) is 4.45. The van der Waals surface area contributed by atoms with Gasteiger partial charge in [-0.25, -0.2) is 8.78 Å². The SMILES string of the molecule is Cc1ccc(OC(C)C(=O)NCC2CCN(c3ccc(F)c(F)c3)C2)c(Br)c1. The van der Waals surface area contributed by atoms with E-state index < -0.39 is 17.7 Å². The first-order chi connectivity index (χ1) is 13.3. The lowest BCUT2D eigenvalue weighted by molar-refractivity contribution is -0.127. The lowest BCUT2D eigenvalue weighted by Crippen LogP contribution is -2.39. The molecule has 4 nitrogen and oxygen atoms in total. The predicted molar refractivity (Wildman–Crippen MR) is 109 cm³/mol. The Morgan fingerprint density at radius 3 is 2.79 bits per heavy atom. The number of amides is 1. The number of rotatable bonds is 6. The minimum absolute atomic E-state index is 0.182. The largest absolute Gasteiger partial charge is 0.480 e. The smallest absolute Gasteiger partial charge is 0.260 e. The third-order valence-corrected chi connectivity index (χ3v) is 5.50. The van der Waals surface area contributed by atoms with E-state index in [1.807, 2.05) is 30.0 Å². The third kappa shape index (κ3) is 5.01. The Balaban J connectivity index is 1.48. The minimum atomic E-state index is -0.846. The van der Waals surface area contributed by atoms with Gasteiger partial charge in [0.15, 0.2) is 17.7 Å². The van der Waals surface area contributed by atoms with Crippen LogP contribution < -0.4 is 15.0 Å². The first kappa shape index (κ1) is 20.6. The number of nitrogens with one attached hydrogen (secondary N) is 1. The van der Waals surface area contributed by atoms with Crippen molar-refractivity contribution in [2.45, 2.75) is 26.4 Å². The van der Waals surface area contributed by atoms with E-state index in [1.165, 1.54) is 6.07 Å². The van der Waals surface area contributed by atoms with Crippen molar-refractivity contribution >= 4 is 27.5 Å². The number of nitrogens with zero attached hydrogens (tertiary/aromatic N) is 1. The maximum Gasteiger partial charge on any atom is 0.260 e. The van der Waals surface area contributed by atoms with Crippen molar-refractivity contribution in [3.8, 4) is 5.75 Å². The van der Waals surface area contributed by atoms with Gasteiger partial charge in [-0.15, -0.1) is 0 Å². The van der Waals surface area contributed by atoms with Gasteiger partial charge in [-0.1, -0.05) is 6.07 Å². The summed E-state index contributed by atoms with van der Waals surface area (Å²) in [5.41, 5.74) is 1.76. The van der Waals surface area contributed by atoms with Crippen LogP contribution in [-0.2, 0) is 4.79 Å². The molecule has 1 amide bonds. The summed E-state index contributed by atoms with van der Waals surface area (Å²) in [5.74, 6) is -1.00. The molecule has 1 saturated heterocycles.